The van der Waals surface area contributed by atoms with Gasteiger partial charge in [-0.2, -0.15) is 9.78 Å². The Kier molecular flexibility index (Phi) is 3.12. The summed E-state index contributed by atoms with van der Waals surface area (Å²) in [6.07, 6.45) is 1.22. The minimum atomic E-state index is -0.520. The van der Waals surface area contributed by atoms with Gasteiger partial charge in [0.15, 0.2) is 0 Å². The third-order valence-electron chi connectivity index (χ3n) is 3.05. The van der Waals surface area contributed by atoms with Crippen molar-refractivity contribution in [1.29, 1.82) is 0 Å². The van der Waals surface area contributed by atoms with Crippen LogP contribution in [0.4, 0.5) is 5.69 Å². The van der Waals surface area contributed by atoms with Crippen molar-refractivity contribution in [2.45, 2.75) is 0 Å². The van der Waals surface area contributed by atoms with Crippen LogP contribution in [0.15, 0.2) is 65.7 Å². The molecule has 0 saturated heterocycles. The Balaban J connectivity index is 2.02. The van der Waals surface area contributed by atoms with Crippen molar-refractivity contribution in [2.75, 3.05) is 5.73 Å². The summed E-state index contributed by atoms with van der Waals surface area (Å²) in [7, 11) is 0. The van der Waals surface area contributed by atoms with E-state index in [0.29, 0.717) is 16.9 Å². The standard InChI is InChI=1S/C15H12N4O2/c16-12-6-8-13(9-7-12)19-15(21)18(10-17-19)14(20)11-4-2-1-3-5-11/h1-10H,16H2. The van der Waals surface area contributed by atoms with Crippen molar-refractivity contribution in [3.63, 3.8) is 0 Å². The molecule has 0 radical (unpaired) electrons. The fourth-order valence-electron chi connectivity index (χ4n) is 1.96. The number of benzene rings is 2. The predicted molar refractivity (Wildman–Crippen MR) is 78.4 cm³/mol. The predicted octanol–water partition coefficient (Wildman–Crippen LogP) is 1.30. The monoisotopic (exact) mass is 280 g/mol. The van der Waals surface area contributed by atoms with Crippen LogP contribution in [0.5, 0.6) is 0 Å². The lowest BCUT2D eigenvalue weighted by atomic mass is 10.2. The SMILES string of the molecule is Nc1ccc(-n2ncn(C(=O)c3ccccc3)c2=O)cc1. The van der Waals surface area contributed by atoms with Crippen LogP contribution in [0, 0.1) is 0 Å². The van der Waals surface area contributed by atoms with Crippen LogP contribution in [-0.4, -0.2) is 20.3 Å². The first-order valence-electron chi connectivity index (χ1n) is 6.29. The molecule has 2 aromatic carbocycles. The average molecular weight is 280 g/mol. The Morgan fingerprint density at radius 1 is 1.00 bits per heavy atom. The molecule has 0 bridgehead atoms. The van der Waals surface area contributed by atoms with Gasteiger partial charge in [-0.05, 0) is 36.4 Å². The molecular formula is C15H12N4O2. The molecule has 0 saturated carbocycles. The van der Waals surface area contributed by atoms with Crippen molar-refractivity contribution in [3.8, 4) is 5.69 Å². The molecule has 2 N–H and O–H groups in total. The third kappa shape index (κ3) is 2.34. The molecule has 3 rings (SSSR count). The van der Waals surface area contributed by atoms with Gasteiger partial charge < -0.3 is 5.73 Å². The molecule has 1 aromatic heterocycles. The highest BCUT2D eigenvalue weighted by atomic mass is 16.2. The molecule has 0 atom stereocenters. The summed E-state index contributed by atoms with van der Waals surface area (Å²) >= 11 is 0. The molecule has 104 valence electrons. The molecule has 3 aromatic rings. The van der Waals surface area contributed by atoms with Crippen LogP contribution in [0.3, 0.4) is 0 Å². The zero-order chi connectivity index (χ0) is 14.8. The summed E-state index contributed by atoms with van der Waals surface area (Å²) < 4.78 is 2.13. The second-order valence-corrected chi connectivity index (χ2v) is 4.46. The van der Waals surface area contributed by atoms with Crippen LogP contribution in [0.1, 0.15) is 10.4 Å². The lowest BCUT2D eigenvalue weighted by molar-refractivity contribution is 0.0955. The third-order valence-corrected chi connectivity index (χ3v) is 3.05. The van der Waals surface area contributed by atoms with Gasteiger partial charge in [0.25, 0.3) is 5.91 Å². The van der Waals surface area contributed by atoms with Crippen molar-refractivity contribution < 1.29 is 4.79 Å². The van der Waals surface area contributed by atoms with E-state index in [1.54, 1.807) is 54.6 Å². The molecule has 21 heavy (non-hydrogen) atoms. The first-order chi connectivity index (χ1) is 10.2. The summed E-state index contributed by atoms with van der Waals surface area (Å²) in [6, 6.07) is 15.2. The molecule has 0 unspecified atom stereocenters. The second kappa shape index (κ2) is 5.09. The van der Waals surface area contributed by atoms with Crippen LogP contribution in [0.25, 0.3) is 5.69 Å². The molecule has 6 heteroatoms. The van der Waals surface area contributed by atoms with E-state index in [4.69, 9.17) is 5.73 Å². The number of carbonyl (C=O) groups excluding carboxylic acids is 1. The van der Waals surface area contributed by atoms with E-state index < -0.39 is 11.6 Å². The highest BCUT2D eigenvalue weighted by Gasteiger charge is 2.14. The highest BCUT2D eigenvalue weighted by molar-refractivity contribution is 5.95. The smallest absolute Gasteiger partial charge is 0.357 e. The summed E-state index contributed by atoms with van der Waals surface area (Å²) in [5, 5.41) is 3.97. The molecule has 1 heterocycles. The van der Waals surface area contributed by atoms with Gasteiger partial charge >= 0.3 is 5.69 Å². The van der Waals surface area contributed by atoms with Crippen molar-refractivity contribution in [2.24, 2.45) is 0 Å². The fourth-order valence-corrected chi connectivity index (χ4v) is 1.96. The Morgan fingerprint density at radius 3 is 2.33 bits per heavy atom. The van der Waals surface area contributed by atoms with Gasteiger partial charge in [0.2, 0.25) is 0 Å². The molecule has 6 nitrogen and oxygen atoms in total. The second-order valence-electron chi connectivity index (χ2n) is 4.46. The van der Waals surface area contributed by atoms with Crippen LogP contribution in [-0.2, 0) is 0 Å². The largest absolute Gasteiger partial charge is 0.399 e. The molecular weight excluding hydrogens is 268 g/mol. The quantitative estimate of drug-likeness (QED) is 0.717. The molecule has 0 fully saturated rings. The first kappa shape index (κ1) is 12.9. The minimum Gasteiger partial charge on any atom is -0.399 e. The summed E-state index contributed by atoms with van der Waals surface area (Å²) in [6.45, 7) is 0. The number of nitrogen functional groups attached to an aromatic ring is 1. The normalized spacial score (nSPS) is 10.5. The maximum atomic E-state index is 12.3. The van der Waals surface area contributed by atoms with Gasteiger partial charge in [0, 0.05) is 11.3 Å². The minimum absolute atomic E-state index is 0.415. The number of hydrogen-bond acceptors (Lipinski definition) is 4. The Morgan fingerprint density at radius 2 is 1.67 bits per heavy atom. The molecule has 0 amide bonds. The topological polar surface area (TPSA) is 82.9 Å². The summed E-state index contributed by atoms with van der Waals surface area (Å²) in [5.41, 5.74) is 6.65. The Labute approximate surface area is 120 Å². The molecule has 0 aliphatic rings. The van der Waals surface area contributed by atoms with Crippen molar-refractivity contribution >= 4 is 11.6 Å². The van der Waals surface area contributed by atoms with E-state index in [1.807, 2.05) is 0 Å². The average Bonchev–Trinajstić information content (AvgIpc) is 2.90. The van der Waals surface area contributed by atoms with Crippen LogP contribution >= 0.6 is 0 Å². The van der Waals surface area contributed by atoms with Crippen LogP contribution in [0.2, 0.25) is 0 Å². The summed E-state index contributed by atoms with van der Waals surface area (Å²) in [4.78, 5) is 24.5. The number of hydrogen-bond donors (Lipinski definition) is 1. The van der Waals surface area contributed by atoms with E-state index in [-0.39, 0.29) is 0 Å². The van der Waals surface area contributed by atoms with Crippen molar-refractivity contribution in [1.82, 2.24) is 14.3 Å². The van der Waals surface area contributed by atoms with Gasteiger partial charge in [-0.1, -0.05) is 18.2 Å². The van der Waals surface area contributed by atoms with Gasteiger partial charge in [0.05, 0.1) is 5.69 Å². The number of carbonyl (C=O) groups is 1. The summed E-state index contributed by atoms with van der Waals surface area (Å²) in [5.74, 6) is -0.415. The fraction of sp³-hybridized carbons (Fsp3) is 0. The van der Waals surface area contributed by atoms with Crippen LogP contribution < -0.4 is 11.4 Å². The van der Waals surface area contributed by atoms with Gasteiger partial charge in [-0.3, -0.25) is 4.79 Å². The molecule has 0 spiro atoms. The number of rotatable bonds is 2. The van der Waals surface area contributed by atoms with E-state index in [2.05, 4.69) is 5.10 Å². The van der Waals surface area contributed by atoms with Gasteiger partial charge in [-0.25, -0.2) is 9.36 Å². The zero-order valence-electron chi connectivity index (χ0n) is 11.0. The van der Waals surface area contributed by atoms with Gasteiger partial charge in [0.1, 0.15) is 6.33 Å². The van der Waals surface area contributed by atoms with E-state index >= 15 is 0 Å². The van der Waals surface area contributed by atoms with Crippen molar-refractivity contribution in [3.05, 3.63) is 77.0 Å². The highest BCUT2D eigenvalue weighted by Crippen LogP contribution is 2.08. The first-order valence-corrected chi connectivity index (χ1v) is 6.29. The Bertz CT molecular complexity index is 832. The Hall–Kier alpha value is -3.15. The van der Waals surface area contributed by atoms with Gasteiger partial charge in [-0.15, -0.1) is 0 Å². The maximum absolute atomic E-state index is 12.3. The van der Waals surface area contributed by atoms with E-state index in [9.17, 15) is 9.59 Å². The molecule has 0 aliphatic heterocycles. The van der Waals surface area contributed by atoms with E-state index in [1.165, 1.54) is 6.33 Å². The number of nitrogens with zero attached hydrogens (tertiary/aromatic N) is 3. The molecule has 0 aliphatic carbocycles. The maximum Gasteiger partial charge on any atom is 0.357 e. The lowest BCUT2D eigenvalue weighted by Gasteiger charge is -2.00. The number of aromatic nitrogens is 3. The zero-order valence-corrected chi connectivity index (χ0v) is 11.0. The lowest BCUT2D eigenvalue weighted by Crippen LogP contribution is -2.28. The number of anilines is 1. The number of nitrogens with two attached hydrogens (primary N) is 1. The van der Waals surface area contributed by atoms with E-state index in [0.717, 1.165) is 9.25 Å².